The summed E-state index contributed by atoms with van der Waals surface area (Å²) in [4.78, 5) is 15.7. The average Bonchev–Trinajstić information content (AvgIpc) is 2.80. The predicted octanol–water partition coefficient (Wildman–Crippen LogP) is 1.98. The van der Waals surface area contributed by atoms with Crippen molar-refractivity contribution < 1.29 is 18.3 Å². The van der Waals surface area contributed by atoms with Crippen molar-refractivity contribution in [3.63, 3.8) is 0 Å². The molecule has 0 amide bonds. The molecule has 0 aliphatic carbocycles. The van der Waals surface area contributed by atoms with Gasteiger partial charge in [0.2, 0.25) is 10.0 Å². The molecule has 0 bridgehead atoms. The van der Waals surface area contributed by atoms with Crippen molar-refractivity contribution in [2.24, 2.45) is 0 Å². The smallest absolute Gasteiger partial charge is 0.355 e. The fourth-order valence-corrected chi connectivity index (χ4v) is 3.81. The van der Waals surface area contributed by atoms with Crippen LogP contribution >= 0.6 is 11.3 Å². The molecule has 0 unspecified atom stereocenters. The monoisotopic (exact) mass is 340 g/mol. The minimum Gasteiger partial charge on any atom is -0.476 e. The molecule has 0 spiro atoms. The first-order valence-corrected chi connectivity index (χ1v) is 8.85. The number of aromatic nitrogens is 1. The van der Waals surface area contributed by atoms with Crippen LogP contribution in [-0.2, 0) is 16.4 Å². The van der Waals surface area contributed by atoms with E-state index >= 15 is 0 Å². The Hall–Kier alpha value is -1.77. The van der Waals surface area contributed by atoms with Crippen molar-refractivity contribution in [3.8, 4) is 0 Å². The summed E-state index contributed by atoms with van der Waals surface area (Å²) in [6.07, 6.45) is 0.351. The molecular weight excluding hydrogens is 324 g/mol. The lowest BCUT2D eigenvalue weighted by Gasteiger charge is -2.06. The van der Waals surface area contributed by atoms with Crippen LogP contribution in [0.3, 0.4) is 0 Å². The van der Waals surface area contributed by atoms with Crippen LogP contribution in [0.2, 0.25) is 0 Å². The van der Waals surface area contributed by atoms with Crippen LogP contribution in [0, 0.1) is 13.8 Å². The van der Waals surface area contributed by atoms with Crippen LogP contribution < -0.4 is 4.72 Å². The molecule has 0 radical (unpaired) electrons. The molecule has 0 aliphatic heterocycles. The lowest BCUT2D eigenvalue weighted by atomic mass is 10.2. The highest BCUT2D eigenvalue weighted by molar-refractivity contribution is 7.89. The molecule has 1 aromatic heterocycles. The Morgan fingerprint density at radius 3 is 2.45 bits per heavy atom. The van der Waals surface area contributed by atoms with Gasteiger partial charge in [-0.25, -0.2) is 22.9 Å². The highest BCUT2D eigenvalue weighted by Crippen LogP contribution is 2.18. The van der Waals surface area contributed by atoms with Gasteiger partial charge in [-0.05, 0) is 26.0 Å². The van der Waals surface area contributed by atoms with Crippen LogP contribution in [0.4, 0.5) is 0 Å². The van der Waals surface area contributed by atoms with Gasteiger partial charge in [-0.2, -0.15) is 0 Å². The van der Waals surface area contributed by atoms with Gasteiger partial charge in [0.15, 0.2) is 5.69 Å². The molecule has 2 aromatic rings. The number of aryl methyl sites for hydroxylation is 2. The number of hydrogen-bond donors (Lipinski definition) is 2. The topological polar surface area (TPSA) is 96.4 Å². The SMILES string of the molecule is Cc1ccc(S(=O)(=O)NCCc2nc(C(=O)O)c(C)s2)cc1. The van der Waals surface area contributed by atoms with E-state index in [0.717, 1.165) is 5.56 Å². The molecule has 0 saturated heterocycles. The molecule has 0 atom stereocenters. The number of carbonyl (C=O) groups is 1. The lowest BCUT2D eigenvalue weighted by Crippen LogP contribution is -2.26. The lowest BCUT2D eigenvalue weighted by molar-refractivity contribution is 0.0690. The van der Waals surface area contributed by atoms with E-state index in [9.17, 15) is 13.2 Å². The Morgan fingerprint density at radius 1 is 1.27 bits per heavy atom. The Kier molecular flexibility index (Phi) is 4.94. The highest BCUT2D eigenvalue weighted by Gasteiger charge is 2.16. The number of carboxylic acid groups (broad SMARTS) is 1. The fraction of sp³-hybridized carbons (Fsp3) is 0.286. The largest absolute Gasteiger partial charge is 0.476 e. The molecule has 0 saturated carbocycles. The summed E-state index contributed by atoms with van der Waals surface area (Å²) in [5, 5.41) is 9.54. The first-order chi connectivity index (χ1) is 10.3. The molecule has 8 heteroatoms. The third-order valence-electron chi connectivity index (χ3n) is 3.01. The minimum atomic E-state index is -3.56. The summed E-state index contributed by atoms with van der Waals surface area (Å²) in [5.74, 6) is -1.07. The first-order valence-electron chi connectivity index (χ1n) is 6.55. The number of thiazole rings is 1. The van der Waals surface area contributed by atoms with E-state index < -0.39 is 16.0 Å². The van der Waals surface area contributed by atoms with Crippen molar-refractivity contribution in [1.29, 1.82) is 0 Å². The molecule has 0 aliphatic rings. The number of benzene rings is 1. The van der Waals surface area contributed by atoms with E-state index in [1.807, 2.05) is 6.92 Å². The maximum atomic E-state index is 12.1. The zero-order chi connectivity index (χ0) is 16.3. The van der Waals surface area contributed by atoms with Gasteiger partial charge >= 0.3 is 5.97 Å². The van der Waals surface area contributed by atoms with Crippen LogP contribution in [0.25, 0.3) is 0 Å². The van der Waals surface area contributed by atoms with E-state index in [1.165, 1.54) is 11.3 Å². The molecule has 118 valence electrons. The maximum Gasteiger partial charge on any atom is 0.355 e. The number of rotatable bonds is 6. The third kappa shape index (κ3) is 3.90. The van der Waals surface area contributed by atoms with Crippen molar-refractivity contribution in [2.45, 2.75) is 25.2 Å². The van der Waals surface area contributed by atoms with Crippen LogP contribution in [0.15, 0.2) is 29.2 Å². The Labute approximate surface area is 132 Å². The quantitative estimate of drug-likeness (QED) is 0.838. The van der Waals surface area contributed by atoms with Gasteiger partial charge in [0.1, 0.15) is 0 Å². The summed E-state index contributed by atoms with van der Waals surface area (Å²) in [6, 6.07) is 6.57. The van der Waals surface area contributed by atoms with Crippen molar-refractivity contribution in [2.75, 3.05) is 6.54 Å². The molecule has 2 rings (SSSR count). The zero-order valence-corrected chi connectivity index (χ0v) is 13.8. The number of nitrogens with one attached hydrogen (secondary N) is 1. The second-order valence-corrected chi connectivity index (χ2v) is 7.83. The predicted molar refractivity (Wildman–Crippen MR) is 83.9 cm³/mol. The summed E-state index contributed by atoms with van der Waals surface area (Å²) < 4.78 is 26.7. The Bertz CT molecular complexity index is 780. The Morgan fingerprint density at radius 2 is 1.91 bits per heavy atom. The van der Waals surface area contributed by atoms with Gasteiger partial charge in [0, 0.05) is 17.8 Å². The fourth-order valence-electron chi connectivity index (χ4n) is 1.85. The molecular formula is C14H16N2O4S2. The number of nitrogens with zero attached hydrogens (tertiary/aromatic N) is 1. The third-order valence-corrected chi connectivity index (χ3v) is 5.51. The normalized spacial score (nSPS) is 11.5. The molecule has 1 aromatic carbocycles. The van der Waals surface area contributed by atoms with Gasteiger partial charge in [0.25, 0.3) is 0 Å². The number of sulfonamides is 1. The molecule has 1 heterocycles. The Balaban J connectivity index is 1.99. The average molecular weight is 340 g/mol. The number of aromatic carboxylic acids is 1. The molecule has 22 heavy (non-hydrogen) atoms. The second-order valence-electron chi connectivity index (χ2n) is 4.78. The van der Waals surface area contributed by atoms with E-state index in [-0.39, 0.29) is 17.1 Å². The summed E-state index contributed by atoms with van der Waals surface area (Å²) >= 11 is 1.26. The second kappa shape index (κ2) is 6.55. The van der Waals surface area contributed by atoms with Crippen LogP contribution in [-0.4, -0.2) is 31.0 Å². The van der Waals surface area contributed by atoms with Gasteiger partial charge in [0.05, 0.1) is 9.90 Å². The van der Waals surface area contributed by atoms with Crippen LogP contribution in [0.5, 0.6) is 0 Å². The van der Waals surface area contributed by atoms with E-state index in [1.54, 1.807) is 31.2 Å². The summed E-state index contributed by atoms with van der Waals surface area (Å²) in [7, 11) is -3.56. The number of carboxylic acids is 1. The van der Waals surface area contributed by atoms with E-state index in [2.05, 4.69) is 9.71 Å². The van der Waals surface area contributed by atoms with Crippen molar-refractivity contribution in [3.05, 3.63) is 45.4 Å². The molecule has 2 N–H and O–H groups in total. The van der Waals surface area contributed by atoms with E-state index in [0.29, 0.717) is 16.3 Å². The molecule has 0 fully saturated rings. The van der Waals surface area contributed by atoms with Crippen molar-refractivity contribution in [1.82, 2.24) is 9.71 Å². The number of hydrogen-bond acceptors (Lipinski definition) is 5. The van der Waals surface area contributed by atoms with Crippen LogP contribution in [0.1, 0.15) is 25.9 Å². The van der Waals surface area contributed by atoms with Gasteiger partial charge < -0.3 is 5.11 Å². The molecule has 6 nitrogen and oxygen atoms in total. The highest BCUT2D eigenvalue weighted by atomic mass is 32.2. The van der Waals surface area contributed by atoms with Gasteiger partial charge in [-0.15, -0.1) is 11.3 Å². The van der Waals surface area contributed by atoms with Gasteiger partial charge in [-0.1, -0.05) is 17.7 Å². The summed E-state index contributed by atoms with van der Waals surface area (Å²) in [5.41, 5.74) is 1.01. The zero-order valence-electron chi connectivity index (χ0n) is 12.2. The minimum absolute atomic E-state index is 0.0291. The standard InChI is InChI=1S/C14H16N2O4S2/c1-9-3-5-11(6-4-9)22(19,20)15-8-7-12-16-13(14(17)18)10(2)21-12/h3-6,15H,7-8H2,1-2H3,(H,17,18). The van der Waals surface area contributed by atoms with Gasteiger partial charge in [-0.3, -0.25) is 0 Å². The maximum absolute atomic E-state index is 12.1. The van der Waals surface area contributed by atoms with Crippen molar-refractivity contribution >= 4 is 27.3 Å². The summed E-state index contributed by atoms with van der Waals surface area (Å²) in [6.45, 7) is 3.73. The first kappa shape index (κ1) is 16.6. The van der Waals surface area contributed by atoms with E-state index in [4.69, 9.17) is 5.11 Å².